The number of nitro groups is 1. The van der Waals surface area contributed by atoms with Gasteiger partial charge < -0.3 is 4.18 Å². The second-order valence-corrected chi connectivity index (χ2v) is 3.92. The van der Waals surface area contributed by atoms with E-state index in [1.165, 1.54) is 0 Å². The molecule has 17 heavy (non-hydrogen) atoms. The van der Waals surface area contributed by atoms with Crippen molar-refractivity contribution in [1.82, 2.24) is 0 Å². The van der Waals surface area contributed by atoms with Crippen LogP contribution in [0.3, 0.4) is 0 Å². The van der Waals surface area contributed by atoms with Gasteiger partial charge >= 0.3 is 10.5 Å². The van der Waals surface area contributed by atoms with E-state index in [1.807, 2.05) is 0 Å². The largest absolute Gasteiger partial charge is 0.488 e. The summed E-state index contributed by atoms with van der Waals surface area (Å²) >= 11 is 0. The van der Waals surface area contributed by atoms with Crippen molar-refractivity contribution in [2.24, 2.45) is 0 Å². The highest BCUT2D eigenvalue weighted by atomic mass is 32.3. The molecule has 1 aromatic carbocycles. The molecule has 9 heteroatoms. The van der Waals surface area contributed by atoms with E-state index >= 15 is 0 Å². The molecule has 92 valence electrons. The van der Waals surface area contributed by atoms with Crippen LogP contribution in [0.1, 0.15) is 17.3 Å². The van der Waals surface area contributed by atoms with Crippen LogP contribution in [0.5, 0.6) is 5.75 Å². The molecule has 0 radical (unpaired) electrons. The number of halogens is 1. The Morgan fingerprint density at radius 3 is 2.47 bits per heavy atom. The van der Waals surface area contributed by atoms with E-state index in [4.69, 9.17) is 0 Å². The first-order valence-electron chi connectivity index (χ1n) is 4.14. The third-order valence-corrected chi connectivity index (χ3v) is 2.13. The lowest BCUT2D eigenvalue weighted by atomic mass is 10.1. The molecular weight excluding hydrogens is 257 g/mol. The topological polar surface area (TPSA) is 104 Å². The van der Waals surface area contributed by atoms with Crippen molar-refractivity contribution < 1.29 is 26.2 Å². The molecule has 1 rings (SSSR count). The Morgan fingerprint density at radius 2 is 2.06 bits per heavy atom. The smallest absolute Gasteiger partial charge is 0.358 e. The Labute approximate surface area is 95.4 Å². The maximum atomic E-state index is 12.2. The van der Waals surface area contributed by atoms with E-state index in [0.29, 0.717) is 6.07 Å². The minimum absolute atomic E-state index is 0.224. The fourth-order valence-corrected chi connectivity index (χ4v) is 1.46. The average molecular weight is 263 g/mol. The summed E-state index contributed by atoms with van der Waals surface area (Å²) in [4.78, 5) is 20.7. The van der Waals surface area contributed by atoms with Gasteiger partial charge in [0.1, 0.15) is 0 Å². The van der Waals surface area contributed by atoms with Crippen LogP contribution in [0, 0.1) is 10.1 Å². The van der Waals surface area contributed by atoms with Crippen LogP contribution >= 0.6 is 0 Å². The molecule has 0 fully saturated rings. The van der Waals surface area contributed by atoms with Gasteiger partial charge in [-0.1, -0.05) is 3.89 Å². The summed E-state index contributed by atoms with van der Waals surface area (Å²) in [6.45, 7) is 1.11. The summed E-state index contributed by atoms with van der Waals surface area (Å²) in [5.41, 5.74) is -0.878. The normalized spacial score (nSPS) is 10.9. The number of rotatable bonds is 4. The summed E-state index contributed by atoms with van der Waals surface area (Å²) in [5, 5.41) is 10.6. The lowest BCUT2D eigenvalue weighted by molar-refractivity contribution is -0.385. The Hall–Kier alpha value is -2.03. The molecule has 0 N–H and O–H groups in total. The Balaban J connectivity index is 3.28. The maximum absolute atomic E-state index is 12.2. The summed E-state index contributed by atoms with van der Waals surface area (Å²) in [6.07, 6.45) is 0. The lowest BCUT2D eigenvalue weighted by Gasteiger charge is -2.02. The maximum Gasteiger partial charge on any atom is 0.488 e. The summed E-state index contributed by atoms with van der Waals surface area (Å²) < 4.78 is 36.3. The van der Waals surface area contributed by atoms with E-state index in [0.717, 1.165) is 19.1 Å². The van der Waals surface area contributed by atoms with Crippen LogP contribution in [-0.4, -0.2) is 19.1 Å². The first-order chi connectivity index (χ1) is 7.70. The van der Waals surface area contributed by atoms with Gasteiger partial charge in [-0.25, -0.2) is 0 Å². The number of hydrogen-bond donors (Lipinski definition) is 0. The molecule has 0 unspecified atom stereocenters. The molecule has 0 saturated heterocycles. The van der Waals surface area contributed by atoms with Gasteiger partial charge in [0.25, 0.3) is 5.69 Å². The minimum atomic E-state index is -5.26. The van der Waals surface area contributed by atoms with Crippen LogP contribution in [0.4, 0.5) is 9.57 Å². The molecule has 0 amide bonds. The van der Waals surface area contributed by atoms with Gasteiger partial charge in [-0.05, 0) is 19.1 Å². The highest BCUT2D eigenvalue weighted by Crippen LogP contribution is 2.26. The van der Waals surface area contributed by atoms with Crippen molar-refractivity contribution in [1.29, 1.82) is 0 Å². The summed E-state index contributed by atoms with van der Waals surface area (Å²) in [6, 6.07) is 2.59. The van der Waals surface area contributed by atoms with Crippen LogP contribution in [-0.2, 0) is 10.5 Å². The lowest BCUT2D eigenvalue weighted by Crippen LogP contribution is -2.04. The molecule has 1 aromatic rings. The van der Waals surface area contributed by atoms with E-state index in [-0.39, 0.29) is 5.56 Å². The van der Waals surface area contributed by atoms with Crippen molar-refractivity contribution in [3.8, 4) is 5.75 Å². The SMILES string of the molecule is CC(=O)c1ccc(OS(=O)(=O)F)cc1[N+](=O)[O-]. The van der Waals surface area contributed by atoms with E-state index in [9.17, 15) is 27.2 Å². The van der Waals surface area contributed by atoms with Crippen molar-refractivity contribution in [2.75, 3.05) is 0 Å². The number of nitro benzene ring substituents is 1. The predicted molar refractivity (Wildman–Crippen MR) is 53.8 cm³/mol. The van der Waals surface area contributed by atoms with Crippen molar-refractivity contribution in [3.63, 3.8) is 0 Å². The van der Waals surface area contributed by atoms with Gasteiger partial charge in [0.2, 0.25) is 0 Å². The number of nitrogens with zero attached hydrogens (tertiary/aromatic N) is 1. The van der Waals surface area contributed by atoms with Crippen LogP contribution in [0.2, 0.25) is 0 Å². The van der Waals surface area contributed by atoms with Gasteiger partial charge in [-0.15, -0.1) is 0 Å². The number of carbonyl (C=O) groups excluding carboxylic acids is 1. The Bertz CT molecular complexity index is 582. The fourth-order valence-electron chi connectivity index (χ4n) is 1.13. The van der Waals surface area contributed by atoms with Crippen LogP contribution in [0.25, 0.3) is 0 Å². The minimum Gasteiger partial charge on any atom is -0.358 e. The molecule has 0 spiro atoms. The third-order valence-electron chi connectivity index (χ3n) is 1.74. The zero-order chi connectivity index (χ0) is 13.2. The number of benzene rings is 1. The second-order valence-electron chi connectivity index (χ2n) is 2.97. The van der Waals surface area contributed by atoms with Gasteiger partial charge in [0.15, 0.2) is 11.5 Å². The van der Waals surface area contributed by atoms with E-state index < -0.39 is 32.6 Å². The Kier molecular flexibility index (Phi) is 3.42. The summed E-state index contributed by atoms with van der Waals surface area (Å²) in [5.74, 6) is -1.16. The highest BCUT2D eigenvalue weighted by Gasteiger charge is 2.20. The first kappa shape index (κ1) is 13.0. The monoisotopic (exact) mass is 263 g/mol. The molecular formula is C8H6FNO6S. The zero-order valence-corrected chi connectivity index (χ0v) is 9.23. The predicted octanol–water partition coefficient (Wildman–Crippen LogP) is 1.39. The molecule has 0 atom stereocenters. The molecule has 0 aliphatic carbocycles. The van der Waals surface area contributed by atoms with Gasteiger partial charge in [-0.3, -0.25) is 14.9 Å². The number of Topliss-reactive ketones (excluding diaryl/α,β-unsaturated/α-hetero) is 1. The van der Waals surface area contributed by atoms with E-state index in [2.05, 4.69) is 4.18 Å². The number of hydrogen-bond acceptors (Lipinski definition) is 6. The Morgan fingerprint density at radius 1 is 1.47 bits per heavy atom. The van der Waals surface area contributed by atoms with E-state index in [1.54, 1.807) is 0 Å². The molecule has 0 heterocycles. The van der Waals surface area contributed by atoms with Crippen molar-refractivity contribution in [2.45, 2.75) is 6.92 Å². The molecule has 0 aromatic heterocycles. The third kappa shape index (κ3) is 3.48. The summed E-state index contributed by atoms with van der Waals surface area (Å²) in [7, 11) is -5.26. The molecule has 0 aliphatic heterocycles. The molecule has 7 nitrogen and oxygen atoms in total. The van der Waals surface area contributed by atoms with Crippen LogP contribution in [0.15, 0.2) is 18.2 Å². The zero-order valence-electron chi connectivity index (χ0n) is 8.41. The van der Waals surface area contributed by atoms with Crippen molar-refractivity contribution >= 4 is 22.0 Å². The molecule has 0 saturated carbocycles. The number of carbonyl (C=O) groups is 1. The first-order valence-corrected chi connectivity index (χ1v) is 5.45. The van der Waals surface area contributed by atoms with Crippen molar-refractivity contribution in [3.05, 3.63) is 33.9 Å². The average Bonchev–Trinajstić information content (AvgIpc) is 2.14. The standard InChI is InChI=1S/C8H6FNO6S/c1-5(11)7-3-2-6(16-17(9,14)15)4-8(7)10(12)13/h2-4H,1H3. The van der Waals surface area contributed by atoms with Gasteiger partial charge in [-0.2, -0.15) is 8.42 Å². The second kappa shape index (κ2) is 4.45. The highest BCUT2D eigenvalue weighted by molar-refractivity contribution is 7.81. The number of ketones is 1. The van der Waals surface area contributed by atoms with Gasteiger partial charge in [0, 0.05) is 0 Å². The van der Waals surface area contributed by atoms with Crippen LogP contribution < -0.4 is 4.18 Å². The van der Waals surface area contributed by atoms with Gasteiger partial charge in [0.05, 0.1) is 16.6 Å². The molecule has 0 aliphatic rings. The quantitative estimate of drug-likeness (QED) is 0.352. The fraction of sp³-hybridized carbons (Fsp3) is 0.125. The molecule has 0 bridgehead atoms.